The average molecular weight is 442 g/mol. The molecule has 0 aliphatic heterocycles. The molecule has 0 unspecified atom stereocenters. The van der Waals surface area contributed by atoms with Crippen molar-refractivity contribution < 1.29 is 32.6 Å². The highest BCUT2D eigenvalue weighted by atomic mass is 35.5. The van der Waals surface area contributed by atoms with Gasteiger partial charge in [-0.05, 0) is 43.3 Å². The molecule has 0 radical (unpaired) electrons. The van der Waals surface area contributed by atoms with Crippen LogP contribution < -0.4 is 15.4 Å². The third-order valence-corrected chi connectivity index (χ3v) is 4.01. The van der Waals surface area contributed by atoms with Gasteiger partial charge in [0, 0.05) is 16.4 Å². The molecule has 0 saturated carbocycles. The van der Waals surface area contributed by atoms with E-state index in [-0.39, 0.29) is 27.8 Å². The number of benzene rings is 2. The summed E-state index contributed by atoms with van der Waals surface area (Å²) in [5.41, 5.74) is -1.59. The second kappa shape index (κ2) is 9.02. The van der Waals surface area contributed by atoms with Crippen LogP contribution in [0.25, 0.3) is 4.85 Å². The number of rotatable bonds is 6. The molecule has 11 heteroatoms. The van der Waals surface area contributed by atoms with E-state index in [1.54, 1.807) is 5.32 Å². The van der Waals surface area contributed by atoms with Crippen molar-refractivity contribution in [2.75, 3.05) is 17.2 Å². The first-order valence-electron chi connectivity index (χ1n) is 8.24. The summed E-state index contributed by atoms with van der Waals surface area (Å²) in [7, 11) is 0. The highest BCUT2D eigenvalue weighted by molar-refractivity contribution is 6.33. The van der Waals surface area contributed by atoms with Crippen LogP contribution in [0.4, 0.5) is 30.2 Å². The number of nitrogens with zero attached hydrogens (tertiary/aromatic N) is 1. The first-order valence-corrected chi connectivity index (χ1v) is 8.62. The Kier molecular flexibility index (Phi) is 6.92. The SMILES string of the molecule is [C-]#[N+]c1ccc(NC(=O)[C@@](C)(O)COc2ccc(NC(=O)C(F)(F)F)cc2)cc1Cl. The van der Waals surface area contributed by atoms with E-state index in [1.165, 1.54) is 49.4 Å². The predicted molar refractivity (Wildman–Crippen MR) is 104 cm³/mol. The minimum absolute atomic E-state index is 0.103. The number of hydrogen-bond acceptors (Lipinski definition) is 4. The van der Waals surface area contributed by atoms with Gasteiger partial charge >= 0.3 is 12.1 Å². The van der Waals surface area contributed by atoms with E-state index < -0.39 is 30.2 Å². The number of hydrogen-bond donors (Lipinski definition) is 3. The number of carbonyl (C=O) groups excluding carboxylic acids is 2. The summed E-state index contributed by atoms with van der Waals surface area (Å²) < 4.78 is 42.0. The highest BCUT2D eigenvalue weighted by Gasteiger charge is 2.38. The lowest BCUT2D eigenvalue weighted by Gasteiger charge is -2.22. The van der Waals surface area contributed by atoms with Gasteiger partial charge in [-0.1, -0.05) is 17.7 Å². The zero-order valence-corrected chi connectivity index (χ0v) is 16.1. The van der Waals surface area contributed by atoms with Crippen LogP contribution in [0.1, 0.15) is 6.92 Å². The number of aliphatic hydroxyl groups is 1. The minimum Gasteiger partial charge on any atom is -0.490 e. The van der Waals surface area contributed by atoms with Gasteiger partial charge in [0.05, 0.1) is 6.57 Å². The van der Waals surface area contributed by atoms with Gasteiger partial charge in [-0.15, -0.1) is 0 Å². The maximum absolute atomic E-state index is 12.3. The van der Waals surface area contributed by atoms with E-state index >= 15 is 0 Å². The van der Waals surface area contributed by atoms with E-state index in [2.05, 4.69) is 10.2 Å². The van der Waals surface area contributed by atoms with Crippen molar-refractivity contribution in [3.63, 3.8) is 0 Å². The van der Waals surface area contributed by atoms with Crippen molar-refractivity contribution >= 4 is 40.5 Å². The molecule has 0 bridgehead atoms. The summed E-state index contributed by atoms with van der Waals surface area (Å²) in [6, 6.07) is 9.10. The zero-order valence-electron chi connectivity index (χ0n) is 15.4. The van der Waals surface area contributed by atoms with Gasteiger partial charge in [0.15, 0.2) is 5.60 Å². The second-order valence-corrected chi connectivity index (χ2v) is 6.68. The molecule has 2 rings (SSSR count). The maximum Gasteiger partial charge on any atom is 0.471 e. The van der Waals surface area contributed by atoms with E-state index in [4.69, 9.17) is 22.9 Å². The molecule has 3 N–H and O–H groups in total. The monoisotopic (exact) mass is 441 g/mol. The van der Waals surface area contributed by atoms with Crippen LogP contribution in [0.3, 0.4) is 0 Å². The molecule has 0 saturated heterocycles. The Labute approximate surface area is 174 Å². The van der Waals surface area contributed by atoms with Crippen molar-refractivity contribution in [1.29, 1.82) is 0 Å². The molecule has 0 aliphatic carbocycles. The Morgan fingerprint density at radius 2 is 1.67 bits per heavy atom. The first kappa shape index (κ1) is 23.0. The number of anilines is 2. The maximum atomic E-state index is 12.3. The summed E-state index contributed by atoms with van der Waals surface area (Å²) in [5, 5.41) is 14.6. The summed E-state index contributed by atoms with van der Waals surface area (Å²) in [6.45, 7) is 7.66. The topological polar surface area (TPSA) is 92.0 Å². The fourth-order valence-corrected chi connectivity index (χ4v) is 2.29. The largest absolute Gasteiger partial charge is 0.490 e. The number of nitrogens with one attached hydrogen (secondary N) is 2. The molecule has 0 heterocycles. The van der Waals surface area contributed by atoms with Gasteiger partial charge in [-0.25, -0.2) is 4.85 Å². The number of ether oxygens (including phenoxy) is 1. The lowest BCUT2D eigenvalue weighted by Crippen LogP contribution is -2.45. The number of halogens is 4. The van der Waals surface area contributed by atoms with Crippen LogP contribution >= 0.6 is 11.6 Å². The predicted octanol–water partition coefficient (Wildman–Crippen LogP) is 4.16. The third-order valence-electron chi connectivity index (χ3n) is 3.70. The van der Waals surface area contributed by atoms with Crippen LogP contribution in [0.2, 0.25) is 5.02 Å². The molecule has 158 valence electrons. The summed E-state index contributed by atoms with van der Waals surface area (Å²) >= 11 is 5.90. The van der Waals surface area contributed by atoms with Gasteiger partial charge in [0.25, 0.3) is 5.91 Å². The molecule has 30 heavy (non-hydrogen) atoms. The standard InChI is InChI=1S/C19H15ClF3N3O4/c1-18(29,16(27)26-12-5-8-15(24-2)14(20)9-12)10-30-13-6-3-11(4-7-13)25-17(28)19(21,22)23/h3-9,29H,10H2,1H3,(H,25,28)(H,26,27)/t18-/m0/s1. The number of alkyl halides is 3. The lowest BCUT2D eigenvalue weighted by atomic mass is 10.1. The summed E-state index contributed by atoms with van der Waals surface area (Å²) in [4.78, 5) is 26.4. The smallest absolute Gasteiger partial charge is 0.471 e. The molecule has 0 fully saturated rings. The Balaban J connectivity index is 1.95. The van der Waals surface area contributed by atoms with E-state index in [9.17, 15) is 27.9 Å². The van der Waals surface area contributed by atoms with Crippen LogP contribution in [-0.2, 0) is 9.59 Å². The molecular weight excluding hydrogens is 427 g/mol. The first-order chi connectivity index (χ1) is 13.9. The van der Waals surface area contributed by atoms with E-state index in [1.807, 2.05) is 0 Å². The Hall–Kier alpha value is -3.29. The van der Waals surface area contributed by atoms with E-state index in [0.717, 1.165) is 0 Å². The summed E-state index contributed by atoms with van der Waals surface area (Å²) in [5.74, 6) is -2.76. The van der Waals surface area contributed by atoms with Crippen molar-refractivity contribution in [3.8, 4) is 5.75 Å². The fourth-order valence-electron chi connectivity index (χ4n) is 2.07. The van der Waals surface area contributed by atoms with Crippen LogP contribution in [0.15, 0.2) is 42.5 Å². The van der Waals surface area contributed by atoms with Gasteiger partial charge in [-0.2, -0.15) is 13.2 Å². The molecule has 2 aromatic rings. The zero-order chi connectivity index (χ0) is 22.5. The van der Waals surface area contributed by atoms with Crippen molar-refractivity contribution in [2.45, 2.75) is 18.7 Å². The van der Waals surface area contributed by atoms with E-state index in [0.29, 0.717) is 0 Å². The fraction of sp³-hybridized carbons (Fsp3) is 0.211. The molecule has 0 spiro atoms. The van der Waals surface area contributed by atoms with Crippen LogP contribution in [0, 0.1) is 6.57 Å². The van der Waals surface area contributed by atoms with Gasteiger partial charge in [0.2, 0.25) is 5.69 Å². The average Bonchev–Trinajstić information content (AvgIpc) is 2.67. The highest BCUT2D eigenvalue weighted by Crippen LogP contribution is 2.28. The Bertz CT molecular complexity index is 986. The molecule has 0 aromatic heterocycles. The quantitative estimate of drug-likeness (QED) is 0.587. The van der Waals surface area contributed by atoms with Crippen molar-refractivity contribution in [1.82, 2.24) is 0 Å². The van der Waals surface area contributed by atoms with Gasteiger partial charge in [-0.3, -0.25) is 9.59 Å². The van der Waals surface area contributed by atoms with Gasteiger partial charge in [0.1, 0.15) is 12.4 Å². The van der Waals surface area contributed by atoms with Crippen LogP contribution in [-0.4, -0.2) is 35.3 Å². The number of carbonyl (C=O) groups is 2. The Morgan fingerprint density at radius 1 is 1.10 bits per heavy atom. The van der Waals surface area contributed by atoms with Crippen molar-refractivity contribution in [3.05, 3.63) is 58.9 Å². The normalized spacial score (nSPS) is 13.0. The van der Waals surface area contributed by atoms with Crippen molar-refractivity contribution in [2.24, 2.45) is 0 Å². The van der Waals surface area contributed by atoms with Crippen LogP contribution in [0.5, 0.6) is 5.75 Å². The molecule has 7 nitrogen and oxygen atoms in total. The lowest BCUT2D eigenvalue weighted by molar-refractivity contribution is -0.167. The summed E-state index contributed by atoms with van der Waals surface area (Å²) in [6.07, 6.45) is -5.01. The molecule has 2 aromatic carbocycles. The molecular formula is C19H15ClF3N3O4. The third kappa shape index (κ3) is 6.10. The van der Waals surface area contributed by atoms with Gasteiger partial charge < -0.3 is 20.5 Å². The molecule has 2 amide bonds. The second-order valence-electron chi connectivity index (χ2n) is 6.27. The molecule has 0 aliphatic rings. The molecule has 1 atom stereocenters. The minimum atomic E-state index is -5.01. The number of amides is 2. The Morgan fingerprint density at radius 3 is 2.20 bits per heavy atom.